The molecule has 0 saturated carbocycles. The number of rotatable bonds is 1. The maximum Gasteiger partial charge on any atom is 0.416 e. The second kappa shape index (κ2) is 4.65. The van der Waals surface area contributed by atoms with Crippen LogP contribution in [0.2, 0.25) is 0 Å². The van der Waals surface area contributed by atoms with Crippen LogP contribution >= 0.6 is 0 Å². The van der Waals surface area contributed by atoms with Gasteiger partial charge in [0.25, 0.3) is 0 Å². The van der Waals surface area contributed by atoms with Crippen molar-refractivity contribution in [2.75, 3.05) is 0 Å². The Bertz CT molecular complexity index is 795. The molecule has 0 atom stereocenters. The lowest BCUT2D eigenvalue weighted by molar-refractivity contribution is -0.137. The van der Waals surface area contributed by atoms with Crippen molar-refractivity contribution < 1.29 is 13.2 Å². The molecular formula is C17H14F3N. The first kappa shape index (κ1) is 13.7. The summed E-state index contributed by atoms with van der Waals surface area (Å²) in [5, 5.41) is 1.09. The van der Waals surface area contributed by atoms with Crippen LogP contribution in [0, 0.1) is 6.92 Å². The van der Waals surface area contributed by atoms with Crippen LogP contribution in [0.25, 0.3) is 22.2 Å². The van der Waals surface area contributed by atoms with Crippen molar-refractivity contribution in [3.63, 3.8) is 0 Å². The van der Waals surface area contributed by atoms with E-state index in [1.807, 2.05) is 36.7 Å². The minimum atomic E-state index is -4.30. The highest BCUT2D eigenvalue weighted by Crippen LogP contribution is 2.32. The zero-order chi connectivity index (χ0) is 15.2. The Morgan fingerprint density at radius 3 is 2.19 bits per heavy atom. The van der Waals surface area contributed by atoms with E-state index < -0.39 is 11.7 Å². The third-order valence-electron chi connectivity index (χ3n) is 3.71. The van der Waals surface area contributed by atoms with Crippen molar-refractivity contribution in [1.82, 2.24) is 4.57 Å². The van der Waals surface area contributed by atoms with Gasteiger partial charge in [0, 0.05) is 23.6 Å². The summed E-state index contributed by atoms with van der Waals surface area (Å²) < 4.78 is 39.8. The van der Waals surface area contributed by atoms with Crippen molar-refractivity contribution in [2.24, 2.45) is 7.05 Å². The van der Waals surface area contributed by atoms with Crippen molar-refractivity contribution in [3.8, 4) is 11.3 Å². The second-order valence-corrected chi connectivity index (χ2v) is 5.23. The monoisotopic (exact) mass is 289 g/mol. The van der Waals surface area contributed by atoms with E-state index in [1.54, 1.807) is 0 Å². The third kappa shape index (κ3) is 2.42. The van der Waals surface area contributed by atoms with Gasteiger partial charge in [0.05, 0.1) is 5.56 Å². The molecule has 0 N–H and O–H groups in total. The highest BCUT2D eigenvalue weighted by atomic mass is 19.4. The SMILES string of the molecule is Cc1ccc2c(c1)cc(-c1ccc(C(F)(F)F)cc1)n2C. The number of benzene rings is 2. The lowest BCUT2D eigenvalue weighted by Crippen LogP contribution is -2.04. The molecule has 1 aromatic heterocycles. The minimum Gasteiger partial charge on any atom is -0.344 e. The van der Waals surface area contributed by atoms with E-state index >= 15 is 0 Å². The fraction of sp³-hybridized carbons (Fsp3) is 0.176. The Hall–Kier alpha value is -2.23. The lowest BCUT2D eigenvalue weighted by atomic mass is 10.1. The first-order chi connectivity index (χ1) is 9.86. The molecule has 0 aliphatic heterocycles. The highest BCUT2D eigenvalue weighted by molar-refractivity contribution is 5.87. The van der Waals surface area contributed by atoms with Gasteiger partial charge >= 0.3 is 6.18 Å². The van der Waals surface area contributed by atoms with Crippen LogP contribution in [-0.2, 0) is 13.2 Å². The van der Waals surface area contributed by atoms with Gasteiger partial charge in [-0.25, -0.2) is 0 Å². The fourth-order valence-corrected chi connectivity index (χ4v) is 2.58. The summed E-state index contributed by atoms with van der Waals surface area (Å²) in [6.07, 6.45) is -4.30. The van der Waals surface area contributed by atoms with Crippen molar-refractivity contribution >= 4 is 10.9 Å². The number of hydrogen-bond acceptors (Lipinski definition) is 0. The van der Waals surface area contributed by atoms with Crippen LogP contribution in [0.5, 0.6) is 0 Å². The third-order valence-corrected chi connectivity index (χ3v) is 3.71. The molecule has 3 rings (SSSR count). The number of halogens is 3. The summed E-state index contributed by atoms with van der Waals surface area (Å²) in [7, 11) is 1.92. The molecule has 0 aliphatic rings. The van der Waals surface area contributed by atoms with Gasteiger partial charge in [0.15, 0.2) is 0 Å². The van der Waals surface area contributed by atoms with Gasteiger partial charge in [-0.3, -0.25) is 0 Å². The zero-order valence-corrected chi connectivity index (χ0v) is 11.7. The van der Waals surface area contributed by atoms with E-state index in [0.717, 1.165) is 39.9 Å². The molecule has 3 aromatic rings. The Labute approximate surface area is 120 Å². The highest BCUT2D eigenvalue weighted by Gasteiger charge is 2.30. The molecule has 0 radical (unpaired) electrons. The van der Waals surface area contributed by atoms with Crippen LogP contribution in [0.3, 0.4) is 0 Å². The molecule has 0 fully saturated rings. The van der Waals surface area contributed by atoms with E-state index in [4.69, 9.17) is 0 Å². The number of fused-ring (bicyclic) bond motifs is 1. The van der Waals surface area contributed by atoms with Crippen LogP contribution in [0.15, 0.2) is 48.5 Å². The van der Waals surface area contributed by atoms with E-state index in [0.29, 0.717) is 0 Å². The number of nitrogens with zero attached hydrogens (tertiary/aromatic N) is 1. The molecule has 4 heteroatoms. The number of aryl methyl sites for hydroxylation is 2. The average molecular weight is 289 g/mol. The van der Waals surface area contributed by atoms with Crippen molar-refractivity contribution in [3.05, 3.63) is 59.7 Å². The molecule has 0 amide bonds. The zero-order valence-electron chi connectivity index (χ0n) is 11.7. The van der Waals surface area contributed by atoms with Crippen LogP contribution in [-0.4, -0.2) is 4.57 Å². The molecule has 0 unspecified atom stereocenters. The Morgan fingerprint density at radius 1 is 0.905 bits per heavy atom. The summed E-state index contributed by atoms with van der Waals surface area (Å²) >= 11 is 0. The minimum absolute atomic E-state index is 0.624. The molecule has 21 heavy (non-hydrogen) atoms. The first-order valence-electron chi connectivity index (χ1n) is 6.60. The first-order valence-corrected chi connectivity index (χ1v) is 6.60. The normalized spacial score (nSPS) is 12.0. The predicted molar refractivity (Wildman–Crippen MR) is 78.1 cm³/mol. The van der Waals surface area contributed by atoms with E-state index in [-0.39, 0.29) is 0 Å². The van der Waals surface area contributed by atoms with Crippen molar-refractivity contribution in [2.45, 2.75) is 13.1 Å². The van der Waals surface area contributed by atoms with E-state index in [2.05, 4.69) is 6.07 Å². The molecule has 0 bridgehead atoms. The topological polar surface area (TPSA) is 4.93 Å². The molecule has 1 nitrogen and oxygen atoms in total. The summed E-state index contributed by atoms with van der Waals surface area (Å²) in [5.41, 5.74) is 3.28. The maximum atomic E-state index is 12.6. The standard InChI is InChI=1S/C17H14F3N/c1-11-3-8-15-13(9-11)10-16(21(15)2)12-4-6-14(7-5-12)17(18,19)20/h3-10H,1-2H3. The van der Waals surface area contributed by atoms with Gasteiger partial charge < -0.3 is 4.57 Å². The number of hydrogen-bond donors (Lipinski definition) is 0. The van der Waals surface area contributed by atoms with Gasteiger partial charge in [0.2, 0.25) is 0 Å². The second-order valence-electron chi connectivity index (χ2n) is 5.23. The predicted octanol–water partition coefficient (Wildman–Crippen LogP) is 5.17. The van der Waals surface area contributed by atoms with Gasteiger partial charge in [-0.05, 0) is 42.8 Å². The molecule has 108 valence electrons. The van der Waals surface area contributed by atoms with Crippen LogP contribution in [0.4, 0.5) is 13.2 Å². The fourth-order valence-electron chi connectivity index (χ4n) is 2.58. The Kier molecular flexibility index (Phi) is 3.04. The van der Waals surface area contributed by atoms with Gasteiger partial charge in [0.1, 0.15) is 0 Å². The molecule has 0 aliphatic carbocycles. The lowest BCUT2D eigenvalue weighted by Gasteiger charge is -2.08. The quantitative estimate of drug-likeness (QED) is 0.582. The van der Waals surface area contributed by atoms with Crippen LogP contribution in [0.1, 0.15) is 11.1 Å². The van der Waals surface area contributed by atoms with Crippen molar-refractivity contribution in [1.29, 1.82) is 0 Å². The van der Waals surface area contributed by atoms with E-state index in [1.165, 1.54) is 12.1 Å². The maximum absolute atomic E-state index is 12.6. The summed E-state index contributed by atoms with van der Waals surface area (Å²) in [6, 6.07) is 13.4. The summed E-state index contributed by atoms with van der Waals surface area (Å²) in [5.74, 6) is 0. The summed E-state index contributed by atoms with van der Waals surface area (Å²) in [4.78, 5) is 0. The summed E-state index contributed by atoms with van der Waals surface area (Å²) in [6.45, 7) is 2.02. The number of aromatic nitrogens is 1. The molecule has 2 aromatic carbocycles. The number of alkyl halides is 3. The largest absolute Gasteiger partial charge is 0.416 e. The molecule has 0 saturated heterocycles. The Balaban J connectivity index is 2.10. The molecular weight excluding hydrogens is 275 g/mol. The smallest absolute Gasteiger partial charge is 0.344 e. The van der Waals surface area contributed by atoms with Gasteiger partial charge in [-0.15, -0.1) is 0 Å². The van der Waals surface area contributed by atoms with Gasteiger partial charge in [-0.2, -0.15) is 13.2 Å². The van der Waals surface area contributed by atoms with Gasteiger partial charge in [-0.1, -0.05) is 23.8 Å². The average Bonchev–Trinajstić information content (AvgIpc) is 2.74. The van der Waals surface area contributed by atoms with E-state index in [9.17, 15) is 13.2 Å². The molecule has 1 heterocycles. The molecule has 0 spiro atoms. The Morgan fingerprint density at radius 2 is 1.57 bits per heavy atom. The van der Waals surface area contributed by atoms with Crippen LogP contribution < -0.4 is 0 Å².